The lowest BCUT2D eigenvalue weighted by Crippen LogP contribution is -2.29. The van der Waals surface area contributed by atoms with E-state index in [9.17, 15) is 18.0 Å². The number of carbonyl (C=O) groups excluding carboxylic acids is 1. The van der Waals surface area contributed by atoms with Gasteiger partial charge in [0.1, 0.15) is 6.33 Å². The Hall–Kier alpha value is -1.60. The minimum absolute atomic E-state index is 0.463. The first-order valence-corrected chi connectivity index (χ1v) is 6.07. The largest absolute Gasteiger partial charge is 0.389 e. The summed E-state index contributed by atoms with van der Waals surface area (Å²) >= 11 is 0. The van der Waals surface area contributed by atoms with E-state index in [1.165, 1.54) is 6.33 Å². The number of nitrogens with zero attached hydrogens (tertiary/aromatic N) is 3. The van der Waals surface area contributed by atoms with Crippen LogP contribution in [0.4, 0.5) is 13.2 Å². The van der Waals surface area contributed by atoms with Crippen LogP contribution in [0.3, 0.4) is 0 Å². The Morgan fingerprint density at radius 3 is 2.79 bits per heavy atom. The fourth-order valence-electron chi connectivity index (χ4n) is 1.65. The van der Waals surface area contributed by atoms with Gasteiger partial charge in [0.2, 0.25) is 5.91 Å². The number of nitrogens with one attached hydrogen (secondary N) is 1. The monoisotopic (exact) mass is 278 g/mol. The van der Waals surface area contributed by atoms with E-state index in [4.69, 9.17) is 0 Å². The van der Waals surface area contributed by atoms with Crippen molar-refractivity contribution in [3.8, 4) is 0 Å². The molecule has 0 saturated carbocycles. The van der Waals surface area contributed by atoms with Gasteiger partial charge in [-0.3, -0.25) is 4.79 Å². The predicted octanol–water partition coefficient (Wildman–Crippen LogP) is 2.21. The van der Waals surface area contributed by atoms with Gasteiger partial charge >= 0.3 is 6.18 Å². The van der Waals surface area contributed by atoms with Gasteiger partial charge in [-0.2, -0.15) is 13.2 Å². The summed E-state index contributed by atoms with van der Waals surface area (Å²) in [6.45, 7) is 4.35. The summed E-state index contributed by atoms with van der Waals surface area (Å²) in [4.78, 5) is 11.4. The summed E-state index contributed by atoms with van der Waals surface area (Å²) in [6, 6.07) is -0.463. The number of hydrogen-bond acceptors (Lipinski definition) is 3. The molecule has 19 heavy (non-hydrogen) atoms. The van der Waals surface area contributed by atoms with Gasteiger partial charge in [0.15, 0.2) is 5.82 Å². The first-order valence-electron chi connectivity index (χ1n) is 6.07. The van der Waals surface area contributed by atoms with Crippen LogP contribution in [-0.4, -0.2) is 26.8 Å². The second kappa shape index (κ2) is 6.53. The van der Waals surface area contributed by atoms with Crippen LogP contribution in [0.1, 0.15) is 45.0 Å². The van der Waals surface area contributed by atoms with Crippen molar-refractivity contribution < 1.29 is 18.0 Å². The third-order valence-corrected chi connectivity index (χ3v) is 2.51. The molecule has 108 valence electrons. The van der Waals surface area contributed by atoms with E-state index >= 15 is 0 Å². The van der Waals surface area contributed by atoms with E-state index in [1.807, 2.05) is 6.92 Å². The maximum absolute atomic E-state index is 12.0. The number of halogens is 3. The van der Waals surface area contributed by atoms with Crippen molar-refractivity contribution in [3.63, 3.8) is 0 Å². The van der Waals surface area contributed by atoms with Crippen LogP contribution in [0.25, 0.3) is 0 Å². The van der Waals surface area contributed by atoms with Crippen LogP contribution in [0, 0.1) is 0 Å². The van der Waals surface area contributed by atoms with Gasteiger partial charge in [0.25, 0.3) is 0 Å². The average molecular weight is 278 g/mol. The van der Waals surface area contributed by atoms with Crippen LogP contribution in [0.5, 0.6) is 0 Å². The molecule has 1 aromatic heterocycles. The Morgan fingerprint density at radius 1 is 1.53 bits per heavy atom. The molecule has 0 aliphatic carbocycles. The number of alkyl halides is 3. The minimum atomic E-state index is -4.32. The molecular formula is C11H17F3N4O. The van der Waals surface area contributed by atoms with Gasteiger partial charge in [-0.15, -0.1) is 10.2 Å². The highest BCUT2D eigenvalue weighted by Crippen LogP contribution is 2.21. The molecule has 1 amide bonds. The summed E-state index contributed by atoms with van der Waals surface area (Å²) in [6.07, 6.45) is -3.59. The molecule has 1 aromatic rings. The van der Waals surface area contributed by atoms with Gasteiger partial charge in [-0.25, -0.2) is 0 Å². The zero-order valence-electron chi connectivity index (χ0n) is 10.9. The fourth-order valence-corrected chi connectivity index (χ4v) is 1.65. The Bertz CT molecular complexity index is 416. The average Bonchev–Trinajstić information content (AvgIpc) is 2.74. The molecule has 0 aromatic carbocycles. The summed E-state index contributed by atoms with van der Waals surface area (Å²) in [5.74, 6) is -0.0990. The third kappa shape index (κ3) is 5.27. The van der Waals surface area contributed by atoms with Crippen molar-refractivity contribution in [1.82, 2.24) is 20.1 Å². The Labute approximate surface area is 109 Å². The van der Waals surface area contributed by atoms with Crippen LogP contribution in [0.2, 0.25) is 0 Å². The van der Waals surface area contributed by atoms with E-state index in [0.29, 0.717) is 12.4 Å². The van der Waals surface area contributed by atoms with Crippen LogP contribution in [0.15, 0.2) is 6.33 Å². The third-order valence-electron chi connectivity index (χ3n) is 2.51. The van der Waals surface area contributed by atoms with E-state index in [0.717, 1.165) is 6.42 Å². The second-order valence-corrected chi connectivity index (χ2v) is 4.29. The first kappa shape index (κ1) is 15.5. The van der Waals surface area contributed by atoms with Crippen molar-refractivity contribution >= 4 is 5.91 Å². The first-order chi connectivity index (χ1) is 8.83. The molecule has 1 atom stereocenters. The molecule has 0 aliphatic heterocycles. The standard InChI is InChI=1S/C11H17F3N4O/c1-3-6-18-7-15-17-10(18)8(2)16-9(19)4-5-11(12,13)14/h7-8H,3-6H2,1-2H3,(H,16,19)/t8-/m0/s1. The Balaban J connectivity index is 2.52. The molecule has 5 nitrogen and oxygen atoms in total. The summed E-state index contributed by atoms with van der Waals surface area (Å²) in [5, 5.41) is 10.1. The highest BCUT2D eigenvalue weighted by Gasteiger charge is 2.28. The minimum Gasteiger partial charge on any atom is -0.346 e. The van der Waals surface area contributed by atoms with Crippen molar-refractivity contribution in [3.05, 3.63) is 12.2 Å². The molecule has 1 N–H and O–H groups in total. The lowest BCUT2D eigenvalue weighted by molar-refractivity contribution is -0.144. The summed E-state index contributed by atoms with van der Waals surface area (Å²) < 4.78 is 37.7. The SMILES string of the molecule is CCCn1cnnc1[C@H](C)NC(=O)CCC(F)(F)F. The number of aromatic nitrogens is 3. The Kier molecular flexibility index (Phi) is 5.31. The van der Waals surface area contributed by atoms with Crippen molar-refractivity contribution in [2.45, 2.75) is 51.9 Å². The normalized spacial score (nSPS) is 13.3. The smallest absolute Gasteiger partial charge is 0.346 e. The van der Waals surface area contributed by atoms with Gasteiger partial charge in [-0.1, -0.05) is 6.92 Å². The lowest BCUT2D eigenvalue weighted by Gasteiger charge is -2.14. The number of hydrogen-bond donors (Lipinski definition) is 1. The maximum atomic E-state index is 12.0. The van der Waals surface area contributed by atoms with E-state index in [1.54, 1.807) is 11.5 Å². The molecule has 0 saturated heterocycles. The lowest BCUT2D eigenvalue weighted by atomic mass is 10.2. The summed E-state index contributed by atoms with van der Waals surface area (Å²) in [7, 11) is 0. The second-order valence-electron chi connectivity index (χ2n) is 4.29. The molecule has 0 bridgehead atoms. The number of carbonyl (C=O) groups is 1. The topological polar surface area (TPSA) is 59.8 Å². The van der Waals surface area contributed by atoms with Crippen LogP contribution >= 0.6 is 0 Å². The zero-order valence-corrected chi connectivity index (χ0v) is 10.9. The van der Waals surface area contributed by atoms with E-state index < -0.39 is 31.0 Å². The molecule has 1 rings (SSSR count). The number of amides is 1. The molecule has 0 spiro atoms. The van der Waals surface area contributed by atoms with Gasteiger partial charge < -0.3 is 9.88 Å². The number of rotatable bonds is 6. The number of aryl methyl sites for hydroxylation is 1. The van der Waals surface area contributed by atoms with Crippen molar-refractivity contribution in [2.75, 3.05) is 0 Å². The highest BCUT2D eigenvalue weighted by atomic mass is 19.4. The van der Waals surface area contributed by atoms with Gasteiger partial charge in [-0.05, 0) is 13.3 Å². The molecular weight excluding hydrogens is 261 g/mol. The molecule has 0 fully saturated rings. The molecule has 1 heterocycles. The van der Waals surface area contributed by atoms with Crippen molar-refractivity contribution in [2.24, 2.45) is 0 Å². The molecule has 8 heteroatoms. The zero-order chi connectivity index (χ0) is 14.5. The predicted molar refractivity (Wildman–Crippen MR) is 62.2 cm³/mol. The molecule has 0 aliphatic rings. The van der Waals surface area contributed by atoms with E-state index in [-0.39, 0.29) is 0 Å². The summed E-state index contributed by atoms with van der Waals surface area (Å²) in [5.41, 5.74) is 0. The fraction of sp³-hybridized carbons (Fsp3) is 0.727. The van der Waals surface area contributed by atoms with Gasteiger partial charge in [0.05, 0.1) is 12.5 Å². The van der Waals surface area contributed by atoms with Gasteiger partial charge in [0, 0.05) is 13.0 Å². The van der Waals surface area contributed by atoms with Crippen molar-refractivity contribution in [1.29, 1.82) is 0 Å². The van der Waals surface area contributed by atoms with E-state index in [2.05, 4.69) is 15.5 Å². The molecule has 0 unspecified atom stereocenters. The maximum Gasteiger partial charge on any atom is 0.389 e. The van der Waals surface area contributed by atoms with Crippen LogP contribution in [-0.2, 0) is 11.3 Å². The molecule has 0 radical (unpaired) electrons. The highest BCUT2D eigenvalue weighted by molar-refractivity contribution is 5.76. The van der Waals surface area contributed by atoms with Crippen LogP contribution < -0.4 is 5.32 Å². The quantitative estimate of drug-likeness (QED) is 0.868. The Morgan fingerprint density at radius 2 is 2.21 bits per heavy atom.